The summed E-state index contributed by atoms with van der Waals surface area (Å²) >= 11 is 0. The van der Waals surface area contributed by atoms with Gasteiger partial charge in [0.25, 0.3) is 0 Å². The van der Waals surface area contributed by atoms with Crippen LogP contribution in [0.1, 0.15) is 31.7 Å². The van der Waals surface area contributed by atoms with Crippen molar-refractivity contribution in [3.05, 3.63) is 48.5 Å². The summed E-state index contributed by atoms with van der Waals surface area (Å²) in [5.74, 6) is 0. The van der Waals surface area contributed by atoms with Crippen molar-refractivity contribution in [1.29, 1.82) is 0 Å². The normalized spacial score (nSPS) is 18.5. The highest BCUT2D eigenvalue weighted by Gasteiger charge is 2.32. The lowest BCUT2D eigenvalue weighted by atomic mass is 9.77. The number of nitrogens with zero attached hydrogens (tertiary/aromatic N) is 3. The number of hydrogen-bond acceptors (Lipinski definition) is 3. The van der Waals surface area contributed by atoms with Crippen molar-refractivity contribution in [2.45, 2.75) is 32.7 Å². The van der Waals surface area contributed by atoms with Crippen LogP contribution in [0.5, 0.6) is 0 Å². The Labute approximate surface area is 132 Å². The minimum Gasteiger partial charge on any atom is -0.396 e. The third kappa shape index (κ3) is 3.23. The molecule has 1 aromatic carbocycles. The molecule has 1 aliphatic heterocycles. The molecule has 0 bridgehead atoms. The predicted molar refractivity (Wildman–Crippen MR) is 87.9 cm³/mol. The lowest BCUT2D eigenvalue weighted by Crippen LogP contribution is -2.41. The number of likely N-dealkylation sites (tertiary alicyclic amines) is 1. The van der Waals surface area contributed by atoms with E-state index in [2.05, 4.69) is 41.1 Å². The highest BCUT2D eigenvalue weighted by molar-refractivity contribution is 5.34. The summed E-state index contributed by atoms with van der Waals surface area (Å²) in [6, 6.07) is 8.68. The Kier molecular flexibility index (Phi) is 4.60. The smallest absolute Gasteiger partial charge is 0.0991 e. The topological polar surface area (TPSA) is 41.3 Å². The second-order valence-corrected chi connectivity index (χ2v) is 6.42. The number of imidazole rings is 1. The zero-order valence-electron chi connectivity index (χ0n) is 13.3. The van der Waals surface area contributed by atoms with Crippen LogP contribution in [0.25, 0.3) is 5.69 Å². The monoisotopic (exact) mass is 299 g/mol. The van der Waals surface area contributed by atoms with Gasteiger partial charge in [-0.15, -0.1) is 0 Å². The van der Waals surface area contributed by atoms with E-state index in [1.54, 1.807) is 6.20 Å². The molecule has 0 atom stereocenters. The van der Waals surface area contributed by atoms with Crippen LogP contribution in [0, 0.1) is 5.41 Å². The molecule has 22 heavy (non-hydrogen) atoms. The Balaban J connectivity index is 1.58. The van der Waals surface area contributed by atoms with E-state index >= 15 is 0 Å². The molecule has 0 radical (unpaired) electrons. The molecule has 1 aliphatic rings. The maximum absolute atomic E-state index is 9.61. The van der Waals surface area contributed by atoms with Crippen LogP contribution in [0.2, 0.25) is 0 Å². The molecule has 1 saturated heterocycles. The second kappa shape index (κ2) is 6.63. The van der Waals surface area contributed by atoms with Crippen molar-refractivity contribution in [2.75, 3.05) is 19.7 Å². The highest BCUT2D eigenvalue weighted by Crippen LogP contribution is 2.34. The standard InChI is InChI=1S/C18H25N3O/c1-2-18(14-22)7-10-20(11-8-18)13-16-3-5-17(6-4-16)21-12-9-19-15-21/h3-6,9,12,15,22H,2,7-8,10-11,13-14H2,1H3. The van der Waals surface area contributed by atoms with Crippen LogP contribution in [0.4, 0.5) is 0 Å². The Morgan fingerprint density at radius 1 is 1.18 bits per heavy atom. The zero-order valence-corrected chi connectivity index (χ0v) is 13.3. The molecule has 4 nitrogen and oxygen atoms in total. The average Bonchev–Trinajstić information content (AvgIpc) is 3.11. The number of aliphatic hydroxyl groups excluding tert-OH is 1. The molecule has 1 fully saturated rings. The third-order valence-electron chi connectivity index (χ3n) is 5.15. The quantitative estimate of drug-likeness (QED) is 0.923. The lowest BCUT2D eigenvalue weighted by molar-refractivity contribution is 0.0382. The number of aromatic nitrogens is 2. The average molecular weight is 299 g/mol. The molecule has 118 valence electrons. The first-order valence-electron chi connectivity index (χ1n) is 8.15. The van der Waals surface area contributed by atoms with E-state index in [0.717, 1.165) is 44.6 Å². The minimum absolute atomic E-state index is 0.168. The first kappa shape index (κ1) is 15.3. The summed E-state index contributed by atoms with van der Waals surface area (Å²) in [6.45, 7) is 5.68. The lowest BCUT2D eigenvalue weighted by Gasteiger charge is -2.40. The predicted octanol–water partition coefficient (Wildman–Crippen LogP) is 2.86. The van der Waals surface area contributed by atoms with Crippen molar-refractivity contribution in [2.24, 2.45) is 5.41 Å². The van der Waals surface area contributed by atoms with Gasteiger partial charge in [0.15, 0.2) is 0 Å². The van der Waals surface area contributed by atoms with Crippen molar-refractivity contribution < 1.29 is 5.11 Å². The molecule has 2 aromatic rings. The van der Waals surface area contributed by atoms with E-state index in [0.29, 0.717) is 6.61 Å². The molecule has 2 heterocycles. The fourth-order valence-corrected chi connectivity index (χ4v) is 3.25. The maximum Gasteiger partial charge on any atom is 0.0991 e. The number of benzene rings is 1. The molecule has 0 saturated carbocycles. The SMILES string of the molecule is CCC1(CO)CCN(Cc2ccc(-n3ccnc3)cc2)CC1. The van der Waals surface area contributed by atoms with E-state index in [1.807, 2.05) is 17.1 Å². The van der Waals surface area contributed by atoms with Gasteiger partial charge in [-0.2, -0.15) is 0 Å². The van der Waals surface area contributed by atoms with E-state index in [1.165, 1.54) is 5.56 Å². The van der Waals surface area contributed by atoms with Gasteiger partial charge >= 0.3 is 0 Å². The van der Waals surface area contributed by atoms with Crippen molar-refractivity contribution >= 4 is 0 Å². The Morgan fingerprint density at radius 3 is 2.45 bits per heavy atom. The van der Waals surface area contributed by atoms with E-state index in [-0.39, 0.29) is 5.41 Å². The summed E-state index contributed by atoms with van der Waals surface area (Å²) in [4.78, 5) is 6.57. The Morgan fingerprint density at radius 2 is 1.91 bits per heavy atom. The summed E-state index contributed by atoms with van der Waals surface area (Å²) in [5, 5.41) is 9.61. The fraction of sp³-hybridized carbons (Fsp3) is 0.500. The van der Waals surface area contributed by atoms with Crippen LogP contribution in [-0.2, 0) is 6.54 Å². The highest BCUT2D eigenvalue weighted by atomic mass is 16.3. The number of aliphatic hydroxyl groups is 1. The first-order chi connectivity index (χ1) is 10.7. The van der Waals surface area contributed by atoms with Gasteiger partial charge in [-0.3, -0.25) is 4.90 Å². The molecule has 3 rings (SSSR count). The zero-order chi connectivity index (χ0) is 15.4. The van der Waals surface area contributed by atoms with Crippen LogP contribution < -0.4 is 0 Å². The minimum atomic E-state index is 0.168. The number of rotatable bonds is 5. The Bertz CT molecular complexity index is 563. The van der Waals surface area contributed by atoms with Crippen molar-refractivity contribution in [3.8, 4) is 5.69 Å². The van der Waals surface area contributed by atoms with Gasteiger partial charge in [-0.05, 0) is 55.5 Å². The molecular weight excluding hydrogens is 274 g/mol. The summed E-state index contributed by atoms with van der Waals surface area (Å²) < 4.78 is 2.02. The molecule has 0 aliphatic carbocycles. The molecule has 1 N–H and O–H groups in total. The summed E-state index contributed by atoms with van der Waals surface area (Å²) in [5.41, 5.74) is 2.66. The molecular formula is C18H25N3O. The van der Waals surface area contributed by atoms with Gasteiger partial charge in [0.05, 0.1) is 6.33 Å². The van der Waals surface area contributed by atoms with E-state index in [4.69, 9.17) is 0 Å². The van der Waals surface area contributed by atoms with Crippen LogP contribution in [0.15, 0.2) is 43.0 Å². The van der Waals surface area contributed by atoms with Crippen molar-refractivity contribution in [1.82, 2.24) is 14.5 Å². The van der Waals surface area contributed by atoms with Crippen LogP contribution in [0.3, 0.4) is 0 Å². The second-order valence-electron chi connectivity index (χ2n) is 6.42. The van der Waals surface area contributed by atoms with Gasteiger partial charge in [0.1, 0.15) is 0 Å². The molecule has 0 spiro atoms. The molecule has 0 amide bonds. The van der Waals surface area contributed by atoms with Crippen LogP contribution >= 0.6 is 0 Å². The van der Waals surface area contributed by atoms with Crippen molar-refractivity contribution in [3.63, 3.8) is 0 Å². The number of piperidine rings is 1. The molecule has 0 unspecified atom stereocenters. The largest absolute Gasteiger partial charge is 0.396 e. The van der Waals surface area contributed by atoms with Crippen LogP contribution in [-0.4, -0.2) is 39.3 Å². The third-order valence-corrected chi connectivity index (χ3v) is 5.15. The van der Waals surface area contributed by atoms with Gasteiger partial charge in [-0.1, -0.05) is 19.1 Å². The summed E-state index contributed by atoms with van der Waals surface area (Å²) in [6.07, 6.45) is 8.86. The molecule has 4 heteroatoms. The van der Waals surface area contributed by atoms with Gasteiger partial charge in [0.2, 0.25) is 0 Å². The fourth-order valence-electron chi connectivity index (χ4n) is 3.25. The van der Waals surface area contributed by atoms with E-state index < -0.39 is 0 Å². The molecule has 1 aromatic heterocycles. The van der Waals surface area contributed by atoms with Gasteiger partial charge < -0.3 is 9.67 Å². The van der Waals surface area contributed by atoms with Gasteiger partial charge in [0, 0.05) is 31.2 Å². The Hall–Kier alpha value is -1.65. The van der Waals surface area contributed by atoms with E-state index in [9.17, 15) is 5.11 Å². The maximum atomic E-state index is 9.61. The number of hydrogen-bond donors (Lipinski definition) is 1. The van der Waals surface area contributed by atoms with Gasteiger partial charge in [-0.25, -0.2) is 4.98 Å². The first-order valence-corrected chi connectivity index (χ1v) is 8.15. The summed E-state index contributed by atoms with van der Waals surface area (Å²) in [7, 11) is 0.